The quantitative estimate of drug-likeness (QED) is 0.763. The molecule has 1 aliphatic rings. The first-order valence-corrected chi connectivity index (χ1v) is 6.35. The highest BCUT2D eigenvalue weighted by Crippen LogP contribution is 2.05. The summed E-state index contributed by atoms with van der Waals surface area (Å²) in [5.41, 5.74) is 5.79. The molecule has 7 heteroatoms. The molecular weight excluding hydrogens is 246 g/mol. The second-order valence-electron chi connectivity index (χ2n) is 4.50. The Balaban J connectivity index is 1.84. The van der Waals surface area contributed by atoms with Crippen molar-refractivity contribution in [2.24, 2.45) is 0 Å². The van der Waals surface area contributed by atoms with Crippen LogP contribution in [0.3, 0.4) is 0 Å². The second kappa shape index (κ2) is 6.44. The Kier molecular flexibility index (Phi) is 4.64. The molecule has 1 atom stereocenters. The minimum atomic E-state index is -0.286. The van der Waals surface area contributed by atoms with Crippen molar-refractivity contribution in [3.8, 4) is 0 Å². The highest BCUT2D eigenvalue weighted by Gasteiger charge is 2.18. The van der Waals surface area contributed by atoms with E-state index in [4.69, 9.17) is 10.5 Å². The Morgan fingerprint density at radius 3 is 2.84 bits per heavy atom. The van der Waals surface area contributed by atoms with Crippen molar-refractivity contribution in [1.82, 2.24) is 20.2 Å². The Labute approximate surface area is 112 Å². The van der Waals surface area contributed by atoms with Gasteiger partial charge in [-0.05, 0) is 6.92 Å². The predicted octanol–water partition coefficient (Wildman–Crippen LogP) is -0.491. The van der Waals surface area contributed by atoms with E-state index < -0.39 is 0 Å². The van der Waals surface area contributed by atoms with Crippen molar-refractivity contribution < 1.29 is 9.53 Å². The number of amides is 1. The van der Waals surface area contributed by atoms with E-state index in [2.05, 4.69) is 27.1 Å². The average molecular weight is 265 g/mol. The van der Waals surface area contributed by atoms with Crippen LogP contribution in [0.4, 0.5) is 5.82 Å². The van der Waals surface area contributed by atoms with Gasteiger partial charge in [-0.25, -0.2) is 9.97 Å². The van der Waals surface area contributed by atoms with Crippen LogP contribution in [-0.2, 0) is 4.74 Å². The van der Waals surface area contributed by atoms with Gasteiger partial charge in [0.1, 0.15) is 0 Å². The molecule has 1 unspecified atom stereocenters. The highest BCUT2D eigenvalue weighted by molar-refractivity contribution is 5.96. The molecule has 0 aliphatic carbocycles. The zero-order chi connectivity index (χ0) is 13.7. The number of nitrogen functional groups attached to an aromatic ring is 1. The van der Waals surface area contributed by atoms with E-state index in [0.29, 0.717) is 6.54 Å². The minimum Gasteiger partial charge on any atom is -0.382 e. The van der Waals surface area contributed by atoms with Gasteiger partial charge in [0, 0.05) is 38.1 Å². The van der Waals surface area contributed by atoms with Crippen LogP contribution >= 0.6 is 0 Å². The van der Waals surface area contributed by atoms with Gasteiger partial charge < -0.3 is 15.8 Å². The zero-order valence-electron chi connectivity index (χ0n) is 11.0. The number of carbonyl (C=O) groups is 1. The van der Waals surface area contributed by atoms with Gasteiger partial charge in [-0.1, -0.05) is 0 Å². The smallest absolute Gasteiger partial charge is 0.273 e. The van der Waals surface area contributed by atoms with Gasteiger partial charge in [0.15, 0.2) is 11.5 Å². The van der Waals surface area contributed by atoms with Crippen LogP contribution in [0.2, 0.25) is 0 Å². The number of nitrogens with one attached hydrogen (secondary N) is 1. The second-order valence-corrected chi connectivity index (χ2v) is 4.50. The number of hydrogen-bond acceptors (Lipinski definition) is 6. The summed E-state index contributed by atoms with van der Waals surface area (Å²) in [4.78, 5) is 22.0. The molecule has 0 spiro atoms. The molecule has 2 heterocycles. The Hall–Kier alpha value is -1.73. The monoisotopic (exact) mass is 265 g/mol. The fraction of sp³-hybridized carbons (Fsp3) is 0.583. The number of ether oxygens (including phenoxy) is 1. The van der Waals surface area contributed by atoms with E-state index >= 15 is 0 Å². The maximum Gasteiger partial charge on any atom is 0.273 e. The van der Waals surface area contributed by atoms with Crippen LogP contribution < -0.4 is 11.1 Å². The van der Waals surface area contributed by atoms with Crippen molar-refractivity contribution in [3.05, 3.63) is 18.1 Å². The first kappa shape index (κ1) is 13.7. The highest BCUT2D eigenvalue weighted by atomic mass is 16.5. The van der Waals surface area contributed by atoms with E-state index in [0.717, 1.165) is 26.3 Å². The number of hydrogen-bond donors (Lipinski definition) is 2. The molecule has 2 rings (SSSR count). The molecule has 104 valence electrons. The molecule has 1 aromatic heterocycles. The first-order valence-electron chi connectivity index (χ1n) is 6.35. The largest absolute Gasteiger partial charge is 0.382 e. The van der Waals surface area contributed by atoms with Crippen LogP contribution in [0.25, 0.3) is 0 Å². The minimum absolute atomic E-state index is 0.152. The fourth-order valence-corrected chi connectivity index (χ4v) is 2.00. The molecule has 0 saturated carbocycles. The van der Waals surface area contributed by atoms with Gasteiger partial charge in [-0.2, -0.15) is 0 Å². The molecule has 0 radical (unpaired) electrons. The lowest BCUT2D eigenvalue weighted by atomic mass is 10.2. The maximum absolute atomic E-state index is 11.9. The number of morpholine rings is 1. The number of nitrogens with zero attached hydrogens (tertiary/aromatic N) is 3. The number of carbonyl (C=O) groups excluding carboxylic acids is 1. The van der Waals surface area contributed by atoms with Crippen molar-refractivity contribution in [2.75, 3.05) is 38.6 Å². The third-order valence-electron chi connectivity index (χ3n) is 3.17. The predicted molar refractivity (Wildman–Crippen MR) is 70.6 cm³/mol. The lowest BCUT2D eigenvalue weighted by molar-refractivity contribution is 0.0204. The van der Waals surface area contributed by atoms with Crippen LogP contribution in [0.5, 0.6) is 0 Å². The molecule has 0 bridgehead atoms. The maximum atomic E-state index is 11.9. The zero-order valence-corrected chi connectivity index (χ0v) is 11.0. The Bertz CT molecular complexity index is 434. The molecule has 3 N–H and O–H groups in total. The van der Waals surface area contributed by atoms with E-state index in [1.165, 1.54) is 12.4 Å². The van der Waals surface area contributed by atoms with Gasteiger partial charge in [0.25, 0.3) is 5.91 Å². The molecule has 19 heavy (non-hydrogen) atoms. The standard InChI is InChI=1S/C12H19N5O2/c1-9(17-4-6-19-7-5-17)8-16-12(18)10-11(13)15-3-2-14-10/h2-3,9H,4-8H2,1H3,(H2,13,15)(H,16,18). The Morgan fingerprint density at radius 2 is 2.16 bits per heavy atom. The molecule has 1 aliphatic heterocycles. The van der Waals surface area contributed by atoms with Crippen molar-refractivity contribution in [2.45, 2.75) is 13.0 Å². The van der Waals surface area contributed by atoms with E-state index in [-0.39, 0.29) is 23.5 Å². The summed E-state index contributed by atoms with van der Waals surface area (Å²) >= 11 is 0. The van der Waals surface area contributed by atoms with E-state index in [1.54, 1.807) is 0 Å². The number of aromatic nitrogens is 2. The Morgan fingerprint density at radius 1 is 1.47 bits per heavy atom. The molecule has 0 aromatic carbocycles. The summed E-state index contributed by atoms with van der Waals surface area (Å²) < 4.78 is 5.30. The van der Waals surface area contributed by atoms with E-state index in [9.17, 15) is 4.79 Å². The molecular formula is C12H19N5O2. The molecule has 1 fully saturated rings. The van der Waals surface area contributed by atoms with E-state index in [1.807, 2.05) is 0 Å². The average Bonchev–Trinajstić information content (AvgIpc) is 2.46. The third kappa shape index (κ3) is 3.62. The third-order valence-corrected chi connectivity index (χ3v) is 3.17. The van der Waals surface area contributed by atoms with Gasteiger partial charge in [-0.15, -0.1) is 0 Å². The van der Waals surface area contributed by atoms with Gasteiger partial charge in [0.2, 0.25) is 0 Å². The number of rotatable bonds is 4. The molecule has 1 amide bonds. The molecule has 1 saturated heterocycles. The van der Waals surface area contributed by atoms with Crippen molar-refractivity contribution in [3.63, 3.8) is 0 Å². The van der Waals surface area contributed by atoms with Crippen LogP contribution in [0.1, 0.15) is 17.4 Å². The SMILES string of the molecule is CC(CNC(=O)c1nccnc1N)N1CCOCC1. The van der Waals surface area contributed by atoms with Gasteiger partial charge >= 0.3 is 0 Å². The summed E-state index contributed by atoms with van der Waals surface area (Å²) in [6.45, 7) is 5.90. The van der Waals surface area contributed by atoms with Crippen LogP contribution in [0, 0.1) is 0 Å². The summed E-state index contributed by atoms with van der Waals surface area (Å²) in [5.74, 6) is -0.135. The van der Waals surface area contributed by atoms with Gasteiger partial charge in [-0.3, -0.25) is 9.69 Å². The summed E-state index contributed by atoms with van der Waals surface area (Å²) in [6.07, 6.45) is 2.92. The summed E-state index contributed by atoms with van der Waals surface area (Å²) in [5, 5.41) is 2.83. The van der Waals surface area contributed by atoms with Gasteiger partial charge in [0.05, 0.1) is 13.2 Å². The lowest BCUT2D eigenvalue weighted by Crippen LogP contribution is -2.47. The first-order chi connectivity index (χ1) is 9.18. The fourth-order valence-electron chi connectivity index (χ4n) is 2.00. The number of nitrogens with two attached hydrogens (primary N) is 1. The molecule has 1 aromatic rings. The lowest BCUT2D eigenvalue weighted by Gasteiger charge is -2.32. The van der Waals surface area contributed by atoms with Crippen LogP contribution in [0.15, 0.2) is 12.4 Å². The topological polar surface area (TPSA) is 93.4 Å². The van der Waals surface area contributed by atoms with Crippen molar-refractivity contribution in [1.29, 1.82) is 0 Å². The summed E-state index contributed by atoms with van der Waals surface area (Å²) in [6, 6.07) is 0.255. The number of anilines is 1. The summed E-state index contributed by atoms with van der Waals surface area (Å²) in [7, 11) is 0. The molecule has 7 nitrogen and oxygen atoms in total. The van der Waals surface area contributed by atoms with Crippen LogP contribution in [-0.4, -0.2) is 59.7 Å². The normalized spacial score (nSPS) is 17.9. The van der Waals surface area contributed by atoms with Crippen molar-refractivity contribution >= 4 is 11.7 Å².